The first-order valence-electron chi connectivity index (χ1n) is 9.15. The van der Waals surface area contributed by atoms with E-state index in [1.165, 1.54) is 48.8 Å². The second-order valence-electron chi connectivity index (χ2n) is 6.97. The van der Waals surface area contributed by atoms with E-state index in [0.717, 1.165) is 19.9 Å². The Balaban J connectivity index is 1.64. The third-order valence-electron chi connectivity index (χ3n) is 4.39. The van der Waals surface area contributed by atoms with E-state index in [9.17, 15) is 13.2 Å². The SMILES string of the molecule is Cc1ccc(-c2csc(SCC(=O)Nc3ccc(C)c(S(=O)(=O)N(C)C)c3)n2)cc1. The number of aromatic nitrogens is 1. The van der Waals surface area contributed by atoms with Crippen molar-refractivity contribution in [1.29, 1.82) is 0 Å². The Labute approximate surface area is 185 Å². The average Bonchev–Trinajstić information content (AvgIpc) is 3.17. The van der Waals surface area contributed by atoms with Gasteiger partial charge in [-0.3, -0.25) is 4.79 Å². The van der Waals surface area contributed by atoms with Crippen LogP contribution in [0.25, 0.3) is 11.3 Å². The van der Waals surface area contributed by atoms with Crippen LogP contribution in [-0.4, -0.2) is 43.5 Å². The molecule has 0 atom stereocenters. The number of carbonyl (C=O) groups is 1. The quantitative estimate of drug-likeness (QED) is 0.527. The highest BCUT2D eigenvalue weighted by molar-refractivity contribution is 8.01. The van der Waals surface area contributed by atoms with Gasteiger partial charge in [-0.05, 0) is 31.5 Å². The summed E-state index contributed by atoms with van der Waals surface area (Å²) in [6, 6.07) is 13.0. The van der Waals surface area contributed by atoms with E-state index in [1.54, 1.807) is 19.1 Å². The van der Waals surface area contributed by atoms with Gasteiger partial charge in [0.25, 0.3) is 0 Å². The Bertz CT molecular complexity index is 1150. The van der Waals surface area contributed by atoms with Crippen molar-refractivity contribution in [2.45, 2.75) is 23.1 Å². The minimum Gasteiger partial charge on any atom is -0.325 e. The molecule has 9 heteroatoms. The average molecular weight is 462 g/mol. The third kappa shape index (κ3) is 5.28. The van der Waals surface area contributed by atoms with Crippen molar-refractivity contribution in [2.75, 3.05) is 25.2 Å². The first-order valence-corrected chi connectivity index (χ1v) is 12.5. The summed E-state index contributed by atoms with van der Waals surface area (Å²) in [5, 5.41) is 4.75. The zero-order valence-corrected chi connectivity index (χ0v) is 19.6. The molecule has 1 amide bonds. The number of benzene rings is 2. The first-order chi connectivity index (χ1) is 14.2. The topological polar surface area (TPSA) is 79.4 Å². The number of thiazole rings is 1. The van der Waals surface area contributed by atoms with Crippen molar-refractivity contribution < 1.29 is 13.2 Å². The lowest BCUT2D eigenvalue weighted by atomic mass is 10.1. The minimum atomic E-state index is -3.58. The van der Waals surface area contributed by atoms with E-state index >= 15 is 0 Å². The van der Waals surface area contributed by atoms with Gasteiger partial charge in [0, 0.05) is 30.7 Å². The van der Waals surface area contributed by atoms with E-state index in [1.807, 2.05) is 36.6 Å². The standard InChI is InChI=1S/C21H23N3O3S3/c1-14-5-8-16(9-6-14)18-12-28-21(23-18)29-13-20(25)22-17-10-7-15(2)19(11-17)30(26,27)24(3)4/h5-12H,13H2,1-4H3,(H,22,25). The van der Waals surface area contributed by atoms with Crippen LogP contribution < -0.4 is 5.32 Å². The maximum atomic E-state index is 12.4. The normalized spacial score (nSPS) is 11.6. The second kappa shape index (κ2) is 9.30. The zero-order chi connectivity index (χ0) is 21.9. The number of sulfonamides is 1. The molecule has 3 rings (SSSR count). The van der Waals surface area contributed by atoms with Gasteiger partial charge in [0.2, 0.25) is 15.9 Å². The first kappa shape index (κ1) is 22.5. The Hall–Kier alpha value is -2.20. The highest BCUT2D eigenvalue weighted by atomic mass is 32.2. The van der Waals surface area contributed by atoms with Crippen molar-refractivity contribution in [1.82, 2.24) is 9.29 Å². The molecule has 2 aromatic carbocycles. The third-order valence-corrected chi connectivity index (χ3v) is 8.37. The number of rotatable bonds is 7. The number of thioether (sulfide) groups is 1. The molecule has 0 spiro atoms. The number of nitrogens with zero attached hydrogens (tertiary/aromatic N) is 2. The van der Waals surface area contributed by atoms with Gasteiger partial charge in [-0.1, -0.05) is 47.7 Å². The molecule has 1 aromatic heterocycles. The van der Waals surface area contributed by atoms with Gasteiger partial charge in [-0.2, -0.15) is 0 Å². The summed E-state index contributed by atoms with van der Waals surface area (Å²) < 4.78 is 26.8. The second-order valence-corrected chi connectivity index (χ2v) is 11.2. The Kier molecular flexibility index (Phi) is 6.97. The summed E-state index contributed by atoms with van der Waals surface area (Å²) >= 11 is 2.85. The van der Waals surface area contributed by atoms with Crippen molar-refractivity contribution in [3.8, 4) is 11.3 Å². The molecule has 0 aliphatic heterocycles. The van der Waals surface area contributed by atoms with Crippen LogP contribution in [0.1, 0.15) is 11.1 Å². The molecule has 0 aliphatic carbocycles. The van der Waals surface area contributed by atoms with Gasteiger partial charge < -0.3 is 5.32 Å². The van der Waals surface area contributed by atoms with E-state index in [-0.39, 0.29) is 16.6 Å². The minimum absolute atomic E-state index is 0.181. The maximum Gasteiger partial charge on any atom is 0.242 e. The molecule has 0 aliphatic rings. The van der Waals surface area contributed by atoms with Gasteiger partial charge in [-0.15, -0.1) is 11.3 Å². The predicted octanol–water partition coefficient (Wildman–Crippen LogP) is 4.41. The van der Waals surface area contributed by atoms with Crippen LogP contribution >= 0.6 is 23.1 Å². The molecule has 0 fully saturated rings. The fourth-order valence-electron chi connectivity index (χ4n) is 2.66. The molecular weight excluding hydrogens is 438 g/mol. The van der Waals surface area contributed by atoms with Gasteiger partial charge >= 0.3 is 0 Å². The summed E-state index contributed by atoms with van der Waals surface area (Å²) in [4.78, 5) is 17.1. The number of aryl methyl sites for hydroxylation is 2. The highest BCUT2D eigenvalue weighted by Crippen LogP contribution is 2.29. The van der Waals surface area contributed by atoms with Crippen LogP contribution in [0.15, 0.2) is 57.1 Å². The van der Waals surface area contributed by atoms with E-state index < -0.39 is 10.0 Å². The van der Waals surface area contributed by atoms with Gasteiger partial charge in [0.05, 0.1) is 16.3 Å². The molecule has 30 heavy (non-hydrogen) atoms. The summed E-state index contributed by atoms with van der Waals surface area (Å²) in [5.74, 6) is -0.0334. The zero-order valence-electron chi connectivity index (χ0n) is 17.2. The number of amides is 1. The molecule has 1 N–H and O–H groups in total. The monoisotopic (exact) mass is 461 g/mol. The molecular formula is C21H23N3O3S3. The lowest BCUT2D eigenvalue weighted by Gasteiger charge is -2.15. The number of hydrogen-bond acceptors (Lipinski definition) is 6. The summed E-state index contributed by atoms with van der Waals surface area (Å²) in [6.45, 7) is 3.77. The van der Waals surface area contributed by atoms with E-state index in [0.29, 0.717) is 11.3 Å². The lowest BCUT2D eigenvalue weighted by Crippen LogP contribution is -2.23. The fourth-order valence-corrected chi connectivity index (χ4v) is 5.44. The highest BCUT2D eigenvalue weighted by Gasteiger charge is 2.20. The summed E-state index contributed by atoms with van der Waals surface area (Å²) in [7, 11) is -0.616. The fraction of sp³-hybridized carbons (Fsp3) is 0.238. The van der Waals surface area contributed by atoms with Crippen LogP contribution in [0.3, 0.4) is 0 Å². The molecule has 6 nitrogen and oxygen atoms in total. The largest absolute Gasteiger partial charge is 0.325 e. The van der Waals surface area contributed by atoms with Crippen LogP contribution in [-0.2, 0) is 14.8 Å². The van der Waals surface area contributed by atoms with Crippen LogP contribution in [0, 0.1) is 13.8 Å². The molecule has 158 valence electrons. The molecule has 0 unspecified atom stereocenters. The van der Waals surface area contributed by atoms with Gasteiger partial charge in [-0.25, -0.2) is 17.7 Å². The number of anilines is 1. The maximum absolute atomic E-state index is 12.4. The van der Waals surface area contributed by atoms with Crippen molar-refractivity contribution in [3.63, 3.8) is 0 Å². The van der Waals surface area contributed by atoms with Crippen LogP contribution in [0.2, 0.25) is 0 Å². The molecule has 1 heterocycles. The van der Waals surface area contributed by atoms with E-state index in [2.05, 4.69) is 10.3 Å². The predicted molar refractivity (Wildman–Crippen MR) is 124 cm³/mol. The Morgan fingerprint density at radius 3 is 2.50 bits per heavy atom. The van der Waals surface area contributed by atoms with Gasteiger partial charge in [0.1, 0.15) is 0 Å². The molecule has 0 radical (unpaired) electrons. The number of hydrogen-bond donors (Lipinski definition) is 1. The molecule has 0 bridgehead atoms. The molecule has 3 aromatic rings. The number of carbonyl (C=O) groups excluding carboxylic acids is 1. The summed E-state index contributed by atoms with van der Waals surface area (Å²) in [6.07, 6.45) is 0. The van der Waals surface area contributed by atoms with Crippen molar-refractivity contribution in [3.05, 3.63) is 59.0 Å². The molecule has 0 saturated heterocycles. The molecule has 0 saturated carbocycles. The van der Waals surface area contributed by atoms with Crippen LogP contribution in [0.5, 0.6) is 0 Å². The number of nitrogens with one attached hydrogen (secondary N) is 1. The smallest absolute Gasteiger partial charge is 0.242 e. The van der Waals surface area contributed by atoms with Crippen molar-refractivity contribution >= 4 is 44.7 Å². The van der Waals surface area contributed by atoms with Crippen molar-refractivity contribution in [2.24, 2.45) is 0 Å². The Morgan fingerprint density at radius 2 is 1.83 bits per heavy atom. The lowest BCUT2D eigenvalue weighted by molar-refractivity contribution is -0.113. The van der Waals surface area contributed by atoms with Gasteiger partial charge in [0.15, 0.2) is 4.34 Å². The summed E-state index contributed by atoms with van der Waals surface area (Å²) in [5.41, 5.74) is 4.20. The van der Waals surface area contributed by atoms with Crippen LogP contribution in [0.4, 0.5) is 5.69 Å². The van der Waals surface area contributed by atoms with E-state index in [4.69, 9.17) is 0 Å². The Morgan fingerprint density at radius 1 is 1.13 bits per heavy atom.